The lowest BCUT2D eigenvalue weighted by molar-refractivity contribution is -0.134. The van der Waals surface area contributed by atoms with E-state index in [4.69, 9.17) is 0 Å². The molecule has 26 heavy (non-hydrogen) atoms. The lowest BCUT2D eigenvalue weighted by atomic mass is 9.98. The summed E-state index contributed by atoms with van der Waals surface area (Å²) < 4.78 is 0. The number of carbonyl (C=O) groups is 1. The summed E-state index contributed by atoms with van der Waals surface area (Å²) in [5.41, 5.74) is 1.37. The molecule has 3 fully saturated rings. The van der Waals surface area contributed by atoms with Crippen molar-refractivity contribution in [1.82, 2.24) is 20.0 Å². The highest BCUT2D eigenvalue weighted by atomic mass is 16.2. The highest BCUT2D eigenvalue weighted by molar-refractivity contribution is 5.78. The Bertz CT molecular complexity index is 587. The first-order valence-electron chi connectivity index (χ1n) is 10.2. The fourth-order valence-corrected chi connectivity index (χ4v) is 4.80. The molecule has 2 atom stereocenters. The summed E-state index contributed by atoms with van der Waals surface area (Å²) in [7, 11) is 2.02. The number of piperidine rings is 1. The van der Waals surface area contributed by atoms with E-state index in [2.05, 4.69) is 45.4 Å². The molecule has 2 bridgehead atoms. The summed E-state index contributed by atoms with van der Waals surface area (Å²) in [5.74, 6) is 0.299. The van der Waals surface area contributed by atoms with E-state index in [0.717, 1.165) is 45.6 Å². The lowest BCUT2D eigenvalue weighted by Crippen LogP contribution is -2.53. The van der Waals surface area contributed by atoms with E-state index in [1.165, 1.54) is 18.4 Å². The van der Waals surface area contributed by atoms with Crippen LogP contribution in [-0.2, 0) is 11.3 Å². The van der Waals surface area contributed by atoms with Gasteiger partial charge in [-0.25, -0.2) is 0 Å². The van der Waals surface area contributed by atoms with Crippen LogP contribution in [0.4, 0.5) is 0 Å². The fraction of sp³-hybridized carbons (Fsp3) is 0.667. The van der Waals surface area contributed by atoms with Crippen molar-refractivity contribution < 1.29 is 4.79 Å². The molecule has 0 saturated carbocycles. The molecule has 3 aliphatic rings. The van der Waals surface area contributed by atoms with E-state index in [1.807, 2.05) is 11.9 Å². The fourth-order valence-electron chi connectivity index (χ4n) is 4.80. The van der Waals surface area contributed by atoms with E-state index in [0.29, 0.717) is 30.6 Å². The molecule has 4 rings (SSSR count). The minimum Gasteiger partial charge on any atom is -0.342 e. The largest absolute Gasteiger partial charge is 0.342 e. The molecule has 2 unspecified atom stereocenters. The first-order valence-corrected chi connectivity index (χ1v) is 10.2. The van der Waals surface area contributed by atoms with Crippen molar-refractivity contribution in [2.75, 3.05) is 39.8 Å². The van der Waals surface area contributed by atoms with Gasteiger partial charge in [0.25, 0.3) is 0 Å². The van der Waals surface area contributed by atoms with Crippen molar-refractivity contribution in [3.8, 4) is 0 Å². The Hall–Kier alpha value is -1.43. The second kappa shape index (κ2) is 8.07. The van der Waals surface area contributed by atoms with Gasteiger partial charge in [0.15, 0.2) is 0 Å². The van der Waals surface area contributed by atoms with Crippen LogP contribution in [0.3, 0.4) is 0 Å². The van der Waals surface area contributed by atoms with Crippen molar-refractivity contribution >= 4 is 5.91 Å². The second-order valence-electron chi connectivity index (χ2n) is 8.31. The zero-order valence-electron chi connectivity index (χ0n) is 15.9. The average Bonchev–Trinajstić information content (AvgIpc) is 3.01. The number of likely N-dealkylation sites (N-methyl/N-ethyl adjacent to an activating group) is 1. The van der Waals surface area contributed by atoms with Crippen LogP contribution in [0.5, 0.6) is 0 Å². The summed E-state index contributed by atoms with van der Waals surface area (Å²) in [5, 5.41) is 3.67. The predicted molar refractivity (Wildman–Crippen MR) is 104 cm³/mol. The summed E-state index contributed by atoms with van der Waals surface area (Å²) in [4.78, 5) is 19.6. The van der Waals surface area contributed by atoms with Gasteiger partial charge in [0.1, 0.15) is 0 Å². The molecule has 3 saturated heterocycles. The zero-order valence-corrected chi connectivity index (χ0v) is 15.9. The predicted octanol–water partition coefficient (Wildman–Crippen LogP) is 1.55. The van der Waals surface area contributed by atoms with E-state index in [9.17, 15) is 4.79 Å². The highest BCUT2D eigenvalue weighted by Gasteiger charge is 2.36. The number of nitrogens with zero attached hydrogens (tertiary/aromatic N) is 3. The topological polar surface area (TPSA) is 38.8 Å². The van der Waals surface area contributed by atoms with Gasteiger partial charge >= 0.3 is 0 Å². The molecule has 0 spiro atoms. The minimum absolute atomic E-state index is 0.299. The SMILES string of the molecule is CN(C(=O)CN1CCN(Cc2ccccc2)CC1)C1CC2CCC(C1)N2. The van der Waals surface area contributed by atoms with Crippen LogP contribution in [0.2, 0.25) is 0 Å². The van der Waals surface area contributed by atoms with Gasteiger partial charge in [-0.1, -0.05) is 30.3 Å². The number of hydrogen-bond donors (Lipinski definition) is 1. The Morgan fingerprint density at radius 2 is 1.65 bits per heavy atom. The smallest absolute Gasteiger partial charge is 0.236 e. The van der Waals surface area contributed by atoms with Gasteiger partial charge in [0, 0.05) is 57.9 Å². The molecule has 5 nitrogen and oxygen atoms in total. The molecule has 1 N–H and O–H groups in total. The molecular weight excluding hydrogens is 324 g/mol. The van der Waals surface area contributed by atoms with E-state index < -0.39 is 0 Å². The Morgan fingerprint density at radius 1 is 1.04 bits per heavy atom. The molecule has 3 heterocycles. The summed E-state index contributed by atoms with van der Waals surface area (Å²) in [6, 6.07) is 12.4. The van der Waals surface area contributed by atoms with Crippen LogP contribution in [0, 0.1) is 0 Å². The lowest BCUT2D eigenvalue weighted by Gasteiger charge is -2.38. The molecule has 5 heteroatoms. The third-order valence-electron chi connectivity index (χ3n) is 6.46. The molecule has 0 aliphatic carbocycles. The minimum atomic E-state index is 0.299. The Morgan fingerprint density at radius 3 is 2.31 bits per heavy atom. The van der Waals surface area contributed by atoms with E-state index in [-0.39, 0.29) is 0 Å². The van der Waals surface area contributed by atoms with Crippen LogP contribution >= 0.6 is 0 Å². The van der Waals surface area contributed by atoms with Crippen LogP contribution in [0.15, 0.2) is 30.3 Å². The quantitative estimate of drug-likeness (QED) is 0.869. The number of rotatable bonds is 5. The molecule has 1 amide bonds. The maximum absolute atomic E-state index is 12.8. The molecule has 1 aromatic carbocycles. The maximum Gasteiger partial charge on any atom is 0.236 e. The monoisotopic (exact) mass is 356 g/mol. The molecular formula is C21H32N4O. The Labute approximate surface area is 157 Å². The van der Waals surface area contributed by atoms with Crippen molar-refractivity contribution in [2.45, 2.75) is 50.4 Å². The third kappa shape index (κ3) is 4.27. The normalized spacial score (nSPS) is 29.7. The Balaban J connectivity index is 1.22. The number of amides is 1. The average molecular weight is 357 g/mol. The van der Waals surface area contributed by atoms with Crippen LogP contribution < -0.4 is 5.32 Å². The highest BCUT2D eigenvalue weighted by Crippen LogP contribution is 2.29. The number of benzene rings is 1. The van der Waals surface area contributed by atoms with Crippen LogP contribution in [-0.4, -0.2) is 78.5 Å². The number of piperazine rings is 1. The number of nitrogens with one attached hydrogen (secondary N) is 1. The molecule has 1 aromatic rings. The summed E-state index contributed by atoms with van der Waals surface area (Å²) in [6.07, 6.45) is 4.83. The molecule has 3 aliphatic heterocycles. The maximum atomic E-state index is 12.8. The van der Waals surface area contributed by atoms with Gasteiger partial charge in [-0.2, -0.15) is 0 Å². The number of carbonyl (C=O) groups excluding carboxylic acids is 1. The van der Waals surface area contributed by atoms with Crippen LogP contribution in [0.1, 0.15) is 31.2 Å². The summed E-state index contributed by atoms with van der Waals surface area (Å²) >= 11 is 0. The zero-order chi connectivity index (χ0) is 17.9. The van der Waals surface area contributed by atoms with Gasteiger partial charge in [-0.05, 0) is 31.2 Å². The van der Waals surface area contributed by atoms with Crippen LogP contribution in [0.25, 0.3) is 0 Å². The third-order valence-corrected chi connectivity index (χ3v) is 6.46. The first kappa shape index (κ1) is 18.0. The van der Waals surface area contributed by atoms with E-state index in [1.54, 1.807) is 0 Å². The number of fused-ring (bicyclic) bond motifs is 2. The van der Waals surface area contributed by atoms with Gasteiger partial charge in [-0.3, -0.25) is 14.6 Å². The molecule has 142 valence electrons. The van der Waals surface area contributed by atoms with Crippen molar-refractivity contribution in [3.63, 3.8) is 0 Å². The standard InChI is InChI=1S/C21H32N4O/c1-23(20-13-18-7-8-19(14-20)22-18)21(26)16-25-11-9-24(10-12-25)15-17-5-3-2-4-6-17/h2-6,18-20,22H,7-16H2,1H3. The Kier molecular flexibility index (Phi) is 5.57. The van der Waals surface area contributed by atoms with E-state index >= 15 is 0 Å². The number of hydrogen-bond acceptors (Lipinski definition) is 4. The van der Waals surface area contributed by atoms with Crippen molar-refractivity contribution in [1.29, 1.82) is 0 Å². The van der Waals surface area contributed by atoms with Gasteiger partial charge in [0.2, 0.25) is 5.91 Å². The second-order valence-corrected chi connectivity index (χ2v) is 8.31. The van der Waals surface area contributed by atoms with Gasteiger partial charge in [0.05, 0.1) is 6.54 Å². The van der Waals surface area contributed by atoms with Crippen molar-refractivity contribution in [3.05, 3.63) is 35.9 Å². The first-order chi connectivity index (χ1) is 12.7. The van der Waals surface area contributed by atoms with Crippen molar-refractivity contribution in [2.24, 2.45) is 0 Å². The summed E-state index contributed by atoms with van der Waals surface area (Å²) in [6.45, 7) is 5.66. The molecule has 0 aromatic heterocycles. The molecule has 0 radical (unpaired) electrons. The van der Waals surface area contributed by atoms with Gasteiger partial charge < -0.3 is 10.2 Å². The van der Waals surface area contributed by atoms with Gasteiger partial charge in [-0.15, -0.1) is 0 Å².